The highest BCUT2D eigenvalue weighted by Crippen LogP contribution is 2.65. The predicted octanol–water partition coefficient (Wildman–Crippen LogP) is 3.79. The van der Waals surface area contributed by atoms with Crippen molar-refractivity contribution >= 4 is 28.8 Å². The molecule has 0 saturated carbocycles. The number of aromatic nitrogens is 3. The minimum atomic E-state index is -1.25. The number of likely N-dealkylation sites (tertiary alicyclic amines) is 1. The van der Waals surface area contributed by atoms with E-state index in [4.69, 9.17) is 4.74 Å². The molecular weight excluding hydrogens is 608 g/mol. The summed E-state index contributed by atoms with van der Waals surface area (Å²) >= 11 is 0. The molecule has 3 saturated heterocycles. The largest absolute Gasteiger partial charge is 0.394 e. The molecular formula is C37H46N6O5. The van der Waals surface area contributed by atoms with E-state index in [1.165, 1.54) is 0 Å². The van der Waals surface area contributed by atoms with E-state index in [1.807, 2.05) is 75.4 Å². The van der Waals surface area contributed by atoms with Crippen molar-refractivity contribution in [3.63, 3.8) is 0 Å². The maximum atomic E-state index is 15.0. The van der Waals surface area contributed by atoms with E-state index >= 15 is 4.79 Å². The monoisotopic (exact) mass is 654 g/mol. The zero-order valence-electron chi connectivity index (χ0n) is 28.1. The second kappa shape index (κ2) is 13.3. The second-order valence-corrected chi connectivity index (χ2v) is 13.6. The van der Waals surface area contributed by atoms with Gasteiger partial charge in [-0.05, 0) is 42.9 Å². The van der Waals surface area contributed by atoms with E-state index in [9.17, 15) is 14.7 Å². The second-order valence-electron chi connectivity index (χ2n) is 13.6. The molecule has 1 spiro atoms. The molecule has 2 aromatic carbocycles. The van der Waals surface area contributed by atoms with Crippen LogP contribution in [-0.2, 0) is 32.3 Å². The number of ether oxygens (including phenoxy) is 1. The third-order valence-electron chi connectivity index (χ3n) is 10.7. The Bertz CT molecular complexity index is 1690. The van der Waals surface area contributed by atoms with Crippen LogP contribution in [0.25, 0.3) is 11.0 Å². The van der Waals surface area contributed by atoms with E-state index < -0.39 is 35.1 Å². The van der Waals surface area contributed by atoms with Crippen molar-refractivity contribution in [2.45, 2.75) is 76.5 Å². The van der Waals surface area contributed by atoms with Gasteiger partial charge in [0.15, 0.2) is 0 Å². The van der Waals surface area contributed by atoms with Gasteiger partial charge in [-0.3, -0.25) is 14.4 Å². The number of carbonyl (C=O) groups excluding carboxylic acids is 3. The Morgan fingerprint density at radius 1 is 1.04 bits per heavy atom. The zero-order valence-corrected chi connectivity index (χ0v) is 28.1. The minimum Gasteiger partial charge on any atom is -0.394 e. The molecule has 11 nitrogen and oxygen atoms in total. The van der Waals surface area contributed by atoms with Crippen LogP contribution in [-0.4, -0.2) is 95.5 Å². The van der Waals surface area contributed by atoms with Crippen molar-refractivity contribution in [3.05, 3.63) is 85.5 Å². The van der Waals surface area contributed by atoms with Crippen molar-refractivity contribution in [1.82, 2.24) is 29.7 Å². The number of para-hydroxylation sites is 1. The number of nitrogens with zero attached hydrogens (tertiary/aromatic N) is 6. The smallest absolute Gasteiger partial charge is 0.250 e. The van der Waals surface area contributed by atoms with Gasteiger partial charge in [-0.1, -0.05) is 80.6 Å². The summed E-state index contributed by atoms with van der Waals surface area (Å²) in [5, 5.41) is 19.3. The molecule has 1 aromatic heterocycles. The Hall–Kier alpha value is -4.35. The van der Waals surface area contributed by atoms with Crippen molar-refractivity contribution < 1.29 is 24.2 Å². The van der Waals surface area contributed by atoms with Crippen LogP contribution in [0.15, 0.2) is 79.9 Å². The third kappa shape index (κ3) is 5.33. The lowest BCUT2D eigenvalue weighted by atomic mass is 9.64. The Morgan fingerprint density at radius 3 is 2.40 bits per heavy atom. The van der Waals surface area contributed by atoms with Crippen molar-refractivity contribution in [2.24, 2.45) is 17.8 Å². The van der Waals surface area contributed by atoms with Crippen LogP contribution in [0.1, 0.15) is 45.6 Å². The summed E-state index contributed by atoms with van der Waals surface area (Å²) in [6.07, 6.45) is 4.83. The van der Waals surface area contributed by atoms with E-state index in [1.54, 1.807) is 31.5 Å². The molecule has 3 aromatic rings. The number of aliphatic hydroxyl groups excluding tert-OH is 1. The van der Waals surface area contributed by atoms with E-state index in [2.05, 4.69) is 23.5 Å². The SMILES string of the molecule is C=CCN(Cn1nnc2ccccc21)C(=O)C1N([C@@H](CO)C(C)C)C(=O)[C@@H]2[C@H](C(=O)N(CC=C)Cc3ccccc3)[C@]3(CC)CCC12O3. The Labute approximate surface area is 281 Å². The molecule has 1 N–H and O–H groups in total. The van der Waals surface area contributed by atoms with Crippen LogP contribution in [0, 0.1) is 17.8 Å². The minimum absolute atomic E-state index is 0.0710. The predicted molar refractivity (Wildman–Crippen MR) is 181 cm³/mol. The van der Waals surface area contributed by atoms with Crippen LogP contribution in [0.5, 0.6) is 0 Å². The lowest BCUT2D eigenvalue weighted by molar-refractivity contribution is -0.160. The molecule has 254 valence electrons. The summed E-state index contributed by atoms with van der Waals surface area (Å²) in [6, 6.07) is 15.5. The van der Waals surface area contributed by atoms with Gasteiger partial charge in [-0.2, -0.15) is 0 Å². The maximum absolute atomic E-state index is 15.0. The van der Waals surface area contributed by atoms with Gasteiger partial charge in [-0.15, -0.1) is 18.3 Å². The highest BCUT2D eigenvalue weighted by molar-refractivity contribution is 5.99. The van der Waals surface area contributed by atoms with E-state index in [0.29, 0.717) is 37.9 Å². The third-order valence-corrected chi connectivity index (χ3v) is 10.7. The topological polar surface area (TPSA) is 121 Å². The van der Waals surface area contributed by atoms with Crippen LogP contribution in [0.4, 0.5) is 0 Å². The molecule has 3 aliphatic heterocycles. The quantitative estimate of drug-likeness (QED) is 0.263. The molecule has 0 aliphatic carbocycles. The number of hydrogen-bond donors (Lipinski definition) is 1. The molecule has 3 fully saturated rings. The zero-order chi connectivity index (χ0) is 34.2. The Balaban J connectivity index is 1.43. The summed E-state index contributed by atoms with van der Waals surface area (Å²) in [7, 11) is 0. The average Bonchev–Trinajstić information content (AvgIpc) is 3.82. The van der Waals surface area contributed by atoms with E-state index in [0.717, 1.165) is 11.1 Å². The van der Waals surface area contributed by atoms with Crippen LogP contribution < -0.4 is 0 Å². The van der Waals surface area contributed by atoms with Gasteiger partial charge < -0.3 is 24.5 Å². The first-order valence-electron chi connectivity index (χ1n) is 16.9. The number of aliphatic hydroxyl groups is 1. The Kier molecular flexibility index (Phi) is 9.28. The van der Waals surface area contributed by atoms with Crippen LogP contribution in [0.3, 0.4) is 0 Å². The van der Waals surface area contributed by atoms with E-state index in [-0.39, 0.29) is 43.5 Å². The molecule has 48 heavy (non-hydrogen) atoms. The summed E-state index contributed by atoms with van der Waals surface area (Å²) in [5.41, 5.74) is 0.271. The molecule has 0 radical (unpaired) electrons. The van der Waals surface area contributed by atoms with Gasteiger partial charge in [0, 0.05) is 19.6 Å². The Morgan fingerprint density at radius 2 is 1.73 bits per heavy atom. The van der Waals surface area contributed by atoms with Crippen molar-refractivity contribution in [2.75, 3.05) is 19.7 Å². The number of rotatable bonds is 14. The van der Waals surface area contributed by atoms with Gasteiger partial charge >= 0.3 is 0 Å². The average molecular weight is 655 g/mol. The lowest BCUT2D eigenvalue weighted by Crippen LogP contribution is -2.59. The number of amides is 3. The molecule has 3 aliphatic rings. The van der Waals surface area contributed by atoms with Gasteiger partial charge in [-0.25, -0.2) is 4.68 Å². The van der Waals surface area contributed by atoms with Crippen LogP contribution in [0.2, 0.25) is 0 Å². The van der Waals surface area contributed by atoms with Crippen LogP contribution >= 0.6 is 0 Å². The summed E-state index contributed by atoms with van der Waals surface area (Å²) in [4.78, 5) is 49.6. The fourth-order valence-corrected chi connectivity index (χ4v) is 8.41. The summed E-state index contributed by atoms with van der Waals surface area (Å²) < 4.78 is 8.71. The highest BCUT2D eigenvalue weighted by atomic mass is 16.5. The highest BCUT2D eigenvalue weighted by Gasteiger charge is 2.79. The first kappa shape index (κ1) is 33.5. The molecule has 2 bridgehead atoms. The summed E-state index contributed by atoms with van der Waals surface area (Å²) in [6.45, 7) is 14.2. The molecule has 2 unspecified atom stereocenters. The molecule has 6 atom stereocenters. The number of fused-ring (bicyclic) bond motifs is 2. The molecule has 3 amide bonds. The number of carbonyl (C=O) groups is 3. The normalized spacial score (nSPS) is 26.6. The standard InChI is InChI=1S/C37H46N6O5/c1-6-20-40(22-26-14-10-9-11-15-26)33(45)30-31-34(46)43(29(23-44)25(4)5)32(37(31)19-18-36(30,8-3)48-37)35(47)41(21-7-2)24-42-28-17-13-12-16-27(28)38-39-42/h6-7,9-17,25,29-32,44H,1-2,8,18-24H2,3-5H3/t29-,30+,31-,32?,36-,37?/m0/s1. The maximum Gasteiger partial charge on any atom is 0.250 e. The first-order valence-corrected chi connectivity index (χ1v) is 16.9. The number of hydrogen-bond acceptors (Lipinski definition) is 7. The van der Waals surface area contributed by atoms with Gasteiger partial charge in [0.2, 0.25) is 17.7 Å². The summed E-state index contributed by atoms with van der Waals surface area (Å²) in [5.74, 6) is -2.70. The molecule has 6 rings (SSSR count). The first-order chi connectivity index (χ1) is 23.2. The van der Waals surface area contributed by atoms with Gasteiger partial charge in [0.1, 0.15) is 23.8 Å². The fraction of sp³-hybridized carbons (Fsp3) is 0.486. The van der Waals surface area contributed by atoms with Crippen molar-refractivity contribution in [1.29, 1.82) is 0 Å². The van der Waals surface area contributed by atoms with Crippen molar-refractivity contribution in [3.8, 4) is 0 Å². The lowest BCUT2D eigenvalue weighted by Gasteiger charge is -2.40. The van der Waals surface area contributed by atoms with Gasteiger partial charge in [0.25, 0.3) is 0 Å². The fourth-order valence-electron chi connectivity index (χ4n) is 8.41. The number of benzene rings is 2. The molecule has 4 heterocycles. The van der Waals surface area contributed by atoms with Gasteiger partial charge in [0.05, 0.1) is 35.6 Å². The molecule has 11 heteroatoms.